The Labute approximate surface area is 46.6 Å². The molecule has 1 rings (SSSR count). The van der Waals surface area contributed by atoms with Gasteiger partial charge in [0, 0.05) is 0 Å². The van der Waals surface area contributed by atoms with Gasteiger partial charge in [0.15, 0.2) is 5.55 Å². The molecule has 1 heterocycles. The fraction of sp³-hybridized carbons (Fsp3) is 0. The van der Waals surface area contributed by atoms with Crippen LogP contribution in [0.4, 0.5) is 0 Å². The molecule has 0 saturated carbocycles. The van der Waals surface area contributed by atoms with Crippen molar-refractivity contribution in [1.82, 2.24) is 0 Å². The molecule has 0 fully saturated rings. The molecule has 8 heavy (non-hydrogen) atoms. The fourth-order valence-electron chi connectivity index (χ4n) is 0.272. The van der Waals surface area contributed by atoms with Crippen LogP contribution in [-0.2, 0) is 14.3 Å². The summed E-state index contributed by atoms with van der Waals surface area (Å²) in [5, 5.41) is 0. The molecule has 4 nitrogen and oxygen atoms in total. The van der Waals surface area contributed by atoms with Crippen LogP contribution in [0.25, 0.3) is 0 Å². The average Bonchev–Trinajstić information content (AvgIpc) is 1.65. The summed E-state index contributed by atoms with van der Waals surface area (Å²) in [6.45, 7) is 0. The molecule has 0 aliphatic carbocycles. The van der Waals surface area contributed by atoms with Crippen LogP contribution in [-0.4, -0.2) is 14.0 Å². The second-order valence-corrected chi connectivity index (χ2v) is 2.52. The quantitative estimate of drug-likeness (QED) is 0.431. The van der Waals surface area contributed by atoms with Crippen molar-refractivity contribution < 1.29 is 12.6 Å². The molecule has 0 spiro atoms. The summed E-state index contributed by atoms with van der Waals surface area (Å²) in [6, 6.07) is 0. The van der Waals surface area contributed by atoms with Gasteiger partial charge in [0.25, 0.3) is 0 Å². The number of aliphatic imine (C=N–C) groups is 1. The predicted octanol–water partition coefficient (Wildman–Crippen LogP) is -0.154. The van der Waals surface area contributed by atoms with Gasteiger partial charge in [0.2, 0.25) is 0 Å². The summed E-state index contributed by atoms with van der Waals surface area (Å²) in [6.07, 6.45) is 2.26. The SMILES string of the molecule is O=S1(=O)C=NC=CO1. The first kappa shape index (κ1) is 5.30. The van der Waals surface area contributed by atoms with E-state index in [2.05, 4.69) is 9.18 Å². The minimum atomic E-state index is -3.46. The van der Waals surface area contributed by atoms with E-state index in [1.807, 2.05) is 0 Å². The van der Waals surface area contributed by atoms with Crippen LogP contribution in [0.3, 0.4) is 0 Å². The van der Waals surface area contributed by atoms with Crippen LogP contribution in [0.15, 0.2) is 17.5 Å². The van der Waals surface area contributed by atoms with Gasteiger partial charge in [-0.3, -0.25) is 0 Å². The number of hydrogen-bond acceptors (Lipinski definition) is 4. The zero-order valence-corrected chi connectivity index (χ0v) is 4.63. The van der Waals surface area contributed by atoms with Gasteiger partial charge in [0.05, 0.1) is 6.20 Å². The zero-order chi connectivity index (χ0) is 6.04. The highest BCUT2D eigenvalue weighted by Gasteiger charge is 2.05. The van der Waals surface area contributed by atoms with E-state index in [0.29, 0.717) is 0 Å². The molecule has 0 radical (unpaired) electrons. The first-order valence-corrected chi connectivity index (χ1v) is 3.29. The van der Waals surface area contributed by atoms with E-state index >= 15 is 0 Å². The molecule has 0 N–H and O–H groups in total. The van der Waals surface area contributed by atoms with Crippen LogP contribution in [0, 0.1) is 0 Å². The lowest BCUT2D eigenvalue weighted by atomic mass is 11.0. The van der Waals surface area contributed by atoms with Crippen molar-refractivity contribution in [3.63, 3.8) is 0 Å². The Hall–Kier alpha value is -0.840. The first-order valence-electron chi connectivity index (χ1n) is 1.82. The molecule has 5 heteroatoms. The van der Waals surface area contributed by atoms with Crippen molar-refractivity contribution in [3.05, 3.63) is 12.5 Å². The van der Waals surface area contributed by atoms with Gasteiger partial charge in [-0.05, 0) is 0 Å². The largest absolute Gasteiger partial charge is 0.385 e. The molecule has 0 aromatic heterocycles. The maximum absolute atomic E-state index is 10.2. The zero-order valence-electron chi connectivity index (χ0n) is 3.81. The van der Waals surface area contributed by atoms with Gasteiger partial charge in [-0.1, -0.05) is 0 Å². The number of rotatable bonds is 0. The topological polar surface area (TPSA) is 55.7 Å². The molecule has 0 aromatic carbocycles. The van der Waals surface area contributed by atoms with Crippen LogP contribution >= 0.6 is 0 Å². The van der Waals surface area contributed by atoms with E-state index in [-0.39, 0.29) is 0 Å². The van der Waals surface area contributed by atoms with Crippen molar-refractivity contribution in [2.45, 2.75) is 0 Å². The Balaban J connectivity index is 2.98. The van der Waals surface area contributed by atoms with E-state index in [4.69, 9.17) is 0 Å². The number of nitrogens with zero attached hydrogens (tertiary/aromatic N) is 1. The number of hydrogen-bond donors (Lipinski definition) is 0. The molecule has 0 atom stereocenters. The maximum Gasteiger partial charge on any atom is 0.349 e. The molecule has 0 bridgehead atoms. The Kier molecular flexibility index (Phi) is 1.05. The van der Waals surface area contributed by atoms with Crippen LogP contribution in [0.5, 0.6) is 0 Å². The third-order valence-corrected chi connectivity index (χ3v) is 1.29. The highest BCUT2D eigenvalue weighted by Crippen LogP contribution is 1.95. The van der Waals surface area contributed by atoms with E-state index in [0.717, 1.165) is 11.8 Å². The highest BCUT2D eigenvalue weighted by atomic mass is 32.2. The van der Waals surface area contributed by atoms with Gasteiger partial charge >= 0.3 is 10.1 Å². The van der Waals surface area contributed by atoms with Crippen molar-refractivity contribution in [1.29, 1.82) is 0 Å². The summed E-state index contributed by atoms with van der Waals surface area (Å²) >= 11 is 0. The molecule has 0 unspecified atom stereocenters. The summed E-state index contributed by atoms with van der Waals surface area (Å²) in [4.78, 5) is 3.31. The fourth-order valence-corrected chi connectivity index (χ4v) is 0.746. The van der Waals surface area contributed by atoms with Gasteiger partial charge in [-0.15, -0.1) is 0 Å². The second-order valence-electron chi connectivity index (χ2n) is 1.13. The second kappa shape index (κ2) is 1.59. The van der Waals surface area contributed by atoms with E-state index in [1.54, 1.807) is 0 Å². The molecular weight excluding hydrogens is 130 g/mol. The minimum Gasteiger partial charge on any atom is -0.385 e. The van der Waals surface area contributed by atoms with Gasteiger partial charge < -0.3 is 4.18 Å². The molecular formula is C3H3NO3S. The third-order valence-electron chi connectivity index (χ3n) is 0.527. The lowest BCUT2D eigenvalue weighted by Crippen LogP contribution is -2.03. The third kappa shape index (κ3) is 1.06. The molecule has 1 aliphatic heterocycles. The Bertz CT molecular complexity index is 225. The van der Waals surface area contributed by atoms with Crippen molar-refractivity contribution in [2.75, 3.05) is 0 Å². The van der Waals surface area contributed by atoms with Gasteiger partial charge in [-0.25, -0.2) is 4.99 Å². The lowest BCUT2D eigenvalue weighted by Gasteiger charge is -1.96. The molecule has 44 valence electrons. The van der Waals surface area contributed by atoms with Crippen LogP contribution in [0.2, 0.25) is 0 Å². The molecule has 0 amide bonds. The smallest absolute Gasteiger partial charge is 0.349 e. The van der Waals surface area contributed by atoms with Crippen LogP contribution in [0.1, 0.15) is 0 Å². The Morgan fingerprint density at radius 3 is 2.50 bits per heavy atom. The van der Waals surface area contributed by atoms with Crippen LogP contribution < -0.4 is 0 Å². The summed E-state index contributed by atoms with van der Waals surface area (Å²) in [5.41, 5.74) is 0.743. The predicted molar refractivity (Wildman–Crippen MR) is 27.6 cm³/mol. The van der Waals surface area contributed by atoms with E-state index in [1.165, 1.54) is 6.20 Å². The monoisotopic (exact) mass is 133 g/mol. The van der Waals surface area contributed by atoms with E-state index < -0.39 is 10.1 Å². The Morgan fingerprint density at radius 2 is 2.25 bits per heavy atom. The Morgan fingerprint density at radius 1 is 1.50 bits per heavy atom. The molecule has 1 aliphatic rings. The van der Waals surface area contributed by atoms with Crippen molar-refractivity contribution in [2.24, 2.45) is 4.99 Å². The average molecular weight is 133 g/mol. The van der Waals surface area contributed by atoms with Gasteiger partial charge in [-0.2, -0.15) is 8.42 Å². The van der Waals surface area contributed by atoms with E-state index in [9.17, 15) is 8.42 Å². The minimum absolute atomic E-state index is 0.743. The molecule has 0 saturated heterocycles. The maximum atomic E-state index is 10.2. The normalized spacial score (nSPS) is 22.5. The summed E-state index contributed by atoms with van der Waals surface area (Å²) in [5.74, 6) is 0. The first-order chi connectivity index (χ1) is 3.71. The van der Waals surface area contributed by atoms with Crippen molar-refractivity contribution >= 4 is 15.7 Å². The lowest BCUT2D eigenvalue weighted by molar-refractivity contribution is 0.454. The standard InChI is InChI=1S/C3H3NO3S/c5-8(6)3-4-1-2-7-8/h1-3H. The van der Waals surface area contributed by atoms with Crippen molar-refractivity contribution in [3.8, 4) is 0 Å². The molecule has 0 aromatic rings. The highest BCUT2D eigenvalue weighted by molar-refractivity contribution is 8.00. The summed E-state index contributed by atoms with van der Waals surface area (Å²) < 4.78 is 24.6. The van der Waals surface area contributed by atoms with Gasteiger partial charge in [0.1, 0.15) is 6.26 Å². The summed E-state index contributed by atoms with van der Waals surface area (Å²) in [7, 11) is -3.46.